The molecule has 122 valence electrons. The van der Waals surface area contributed by atoms with E-state index in [0.717, 1.165) is 27.1 Å². The van der Waals surface area contributed by atoms with Gasteiger partial charge < -0.3 is 0 Å². The highest BCUT2D eigenvalue weighted by Crippen LogP contribution is 2.23. The zero-order valence-corrected chi connectivity index (χ0v) is 15.8. The van der Waals surface area contributed by atoms with Gasteiger partial charge in [0, 0.05) is 9.50 Å². The van der Waals surface area contributed by atoms with Crippen LogP contribution in [0.2, 0.25) is 10.2 Å². The van der Waals surface area contributed by atoms with E-state index in [0.29, 0.717) is 10.2 Å². The standard InChI is InChI=1S/C17H13BrCl2N4/c1-11-16(10-21-22-14-6-4-13(19)5-7-14)17(20)24(23-11)15-8-2-12(18)3-9-15/h2-10,22H,1H3. The SMILES string of the molecule is Cc1nn(-c2ccc(Br)cc2)c(Cl)c1C=NNc1ccc(Cl)cc1. The molecule has 0 aliphatic carbocycles. The summed E-state index contributed by atoms with van der Waals surface area (Å²) in [5.74, 6) is 0. The van der Waals surface area contributed by atoms with Crippen molar-refractivity contribution >= 4 is 51.0 Å². The zero-order chi connectivity index (χ0) is 17.1. The molecule has 0 atom stereocenters. The van der Waals surface area contributed by atoms with Crippen molar-refractivity contribution in [3.8, 4) is 5.69 Å². The molecule has 0 saturated carbocycles. The monoisotopic (exact) mass is 422 g/mol. The van der Waals surface area contributed by atoms with Gasteiger partial charge in [-0.15, -0.1) is 0 Å². The van der Waals surface area contributed by atoms with E-state index >= 15 is 0 Å². The Hall–Kier alpha value is -1.82. The normalized spacial score (nSPS) is 11.2. The Bertz CT molecular complexity index is 871. The maximum absolute atomic E-state index is 6.46. The zero-order valence-electron chi connectivity index (χ0n) is 12.7. The number of nitrogens with zero attached hydrogens (tertiary/aromatic N) is 3. The van der Waals surface area contributed by atoms with E-state index in [1.165, 1.54) is 0 Å². The molecule has 1 N–H and O–H groups in total. The molecule has 0 unspecified atom stereocenters. The molecule has 0 saturated heterocycles. The Kier molecular flexibility index (Phi) is 5.23. The quantitative estimate of drug-likeness (QED) is 0.432. The van der Waals surface area contributed by atoms with Gasteiger partial charge >= 0.3 is 0 Å². The number of anilines is 1. The maximum Gasteiger partial charge on any atom is 0.142 e. The number of hydrogen-bond acceptors (Lipinski definition) is 3. The Morgan fingerprint density at radius 1 is 1.08 bits per heavy atom. The first-order valence-corrected chi connectivity index (χ1v) is 8.65. The lowest BCUT2D eigenvalue weighted by Gasteiger charge is -2.03. The van der Waals surface area contributed by atoms with Crippen LogP contribution in [-0.2, 0) is 0 Å². The smallest absolute Gasteiger partial charge is 0.142 e. The van der Waals surface area contributed by atoms with Crippen molar-refractivity contribution in [3.05, 3.63) is 74.4 Å². The largest absolute Gasteiger partial charge is 0.279 e. The topological polar surface area (TPSA) is 42.2 Å². The Morgan fingerprint density at radius 3 is 2.42 bits per heavy atom. The van der Waals surface area contributed by atoms with Crippen LogP contribution in [-0.4, -0.2) is 16.0 Å². The van der Waals surface area contributed by atoms with Crippen molar-refractivity contribution in [2.24, 2.45) is 5.10 Å². The second-order valence-electron chi connectivity index (χ2n) is 5.06. The van der Waals surface area contributed by atoms with Crippen LogP contribution in [0.15, 0.2) is 58.1 Å². The number of rotatable bonds is 4. The minimum Gasteiger partial charge on any atom is -0.279 e. The highest BCUT2D eigenvalue weighted by Gasteiger charge is 2.13. The summed E-state index contributed by atoms with van der Waals surface area (Å²) in [7, 11) is 0. The second kappa shape index (κ2) is 7.38. The molecule has 7 heteroatoms. The van der Waals surface area contributed by atoms with Gasteiger partial charge in [-0.25, -0.2) is 4.68 Å². The Labute approximate surface area is 158 Å². The fourth-order valence-electron chi connectivity index (χ4n) is 2.11. The lowest BCUT2D eigenvalue weighted by Crippen LogP contribution is -1.96. The minimum absolute atomic E-state index is 0.511. The van der Waals surface area contributed by atoms with E-state index < -0.39 is 0 Å². The Balaban J connectivity index is 1.82. The lowest BCUT2D eigenvalue weighted by atomic mass is 10.3. The molecule has 0 fully saturated rings. The lowest BCUT2D eigenvalue weighted by molar-refractivity contribution is 0.863. The van der Waals surface area contributed by atoms with Crippen LogP contribution >= 0.6 is 39.1 Å². The van der Waals surface area contributed by atoms with E-state index in [2.05, 4.69) is 31.6 Å². The molecule has 2 aromatic carbocycles. The summed E-state index contributed by atoms with van der Waals surface area (Å²) in [5, 5.41) is 9.89. The highest BCUT2D eigenvalue weighted by atomic mass is 79.9. The molecule has 0 amide bonds. The summed E-state index contributed by atoms with van der Waals surface area (Å²) in [6.07, 6.45) is 1.66. The van der Waals surface area contributed by atoms with Crippen LogP contribution in [0.25, 0.3) is 5.69 Å². The average Bonchev–Trinajstić information content (AvgIpc) is 2.85. The predicted molar refractivity (Wildman–Crippen MR) is 104 cm³/mol. The number of aromatic nitrogens is 2. The molecule has 4 nitrogen and oxygen atoms in total. The Morgan fingerprint density at radius 2 is 1.75 bits per heavy atom. The highest BCUT2D eigenvalue weighted by molar-refractivity contribution is 9.10. The van der Waals surface area contributed by atoms with Gasteiger partial charge in [-0.1, -0.05) is 39.1 Å². The van der Waals surface area contributed by atoms with E-state index in [4.69, 9.17) is 23.2 Å². The molecular weight excluding hydrogens is 411 g/mol. The van der Waals surface area contributed by atoms with Crippen LogP contribution < -0.4 is 5.43 Å². The van der Waals surface area contributed by atoms with Gasteiger partial charge in [0.1, 0.15) is 5.15 Å². The molecule has 0 spiro atoms. The predicted octanol–water partition coefficient (Wildman–Crippen LogP) is 5.70. The van der Waals surface area contributed by atoms with Gasteiger partial charge in [-0.2, -0.15) is 10.2 Å². The molecule has 0 bridgehead atoms. The number of halogens is 3. The second-order valence-corrected chi connectivity index (χ2v) is 6.77. The van der Waals surface area contributed by atoms with Crippen molar-refractivity contribution in [2.75, 3.05) is 5.43 Å². The third-order valence-electron chi connectivity index (χ3n) is 3.35. The molecule has 0 aliphatic rings. The number of nitrogens with one attached hydrogen (secondary N) is 1. The molecule has 1 heterocycles. The molecular formula is C17H13BrCl2N4. The van der Waals surface area contributed by atoms with Crippen LogP contribution in [0.1, 0.15) is 11.3 Å². The third-order valence-corrected chi connectivity index (χ3v) is 4.50. The van der Waals surface area contributed by atoms with Crippen molar-refractivity contribution in [2.45, 2.75) is 6.92 Å². The molecule has 0 radical (unpaired) electrons. The first-order chi connectivity index (χ1) is 11.5. The fraction of sp³-hybridized carbons (Fsp3) is 0.0588. The van der Waals surface area contributed by atoms with Gasteiger partial charge in [0.25, 0.3) is 0 Å². The summed E-state index contributed by atoms with van der Waals surface area (Å²) in [6, 6.07) is 15.0. The first kappa shape index (κ1) is 17.0. The van der Waals surface area contributed by atoms with Gasteiger partial charge in [0.2, 0.25) is 0 Å². The summed E-state index contributed by atoms with van der Waals surface area (Å²) < 4.78 is 2.69. The molecule has 24 heavy (non-hydrogen) atoms. The average molecular weight is 424 g/mol. The third kappa shape index (κ3) is 3.80. The van der Waals surface area contributed by atoms with E-state index in [9.17, 15) is 0 Å². The minimum atomic E-state index is 0.511. The maximum atomic E-state index is 6.46. The fourth-order valence-corrected chi connectivity index (χ4v) is 2.82. The number of benzene rings is 2. The first-order valence-electron chi connectivity index (χ1n) is 7.10. The van der Waals surface area contributed by atoms with Crippen LogP contribution in [0.3, 0.4) is 0 Å². The molecule has 3 rings (SSSR count). The van der Waals surface area contributed by atoms with Crippen LogP contribution in [0.5, 0.6) is 0 Å². The number of hydrazone groups is 1. The molecule has 1 aromatic heterocycles. The van der Waals surface area contributed by atoms with E-state index in [-0.39, 0.29) is 0 Å². The van der Waals surface area contributed by atoms with E-state index in [1.54, 1.807) is 23.0 Å². The molecule has 3 aromatic rings. The number of aryl methyl sites for hydroxylation is 1. The van der Waals surface area contributed by atoms with Crippen LogP contribution in [0.4, 0.5) is 5.69 Å². The summed E-state index contributed by atoms with van der Waals surface area (Å²) >= 11 is 15.7. The van der Waals surface area contributed by atoms with Crippen molar-refractivity contribution < 1.29 is 0 Å². The summed E-state index contributed by atoms with van der Waals surface area (Å²) in [6.45, 7) is 1.89. The van der Waals surface area contributed by atoms with E-state index in [1.807, 2.05) is 43.3 Å². The van der Waals surface area contributed by atoms with Gasteiger partial charge in [-0.3, -0.25) is 5.43 Å². The summed E-state index contributed by atoms with van der Waals surface area (Å²) in [4.78, 5) is 0. The van der Waals surface area contributed by atoms with Crippen molar-refractivity contribution in [1.29, 1.82) is 0 Å². The van der Waals surface area contributed by atoms with Crippen molar-refractivity contribution in [1.82, 2.24) is 9.78 Å². The van der Waals surface area contributed by atoms with Gasteiger partial charge in [-0.05, 0) is 55.5 Å². The van der Waals surface area contributed by atoms with Gasteiger partial charge in [0.15, 0.2) is 0 Å². The van der Waals surface area contributed by atoms with Gasteiger partial charge in [0.05, 0.1) is 28.8 Å². The summed E-state index contributed by atoms with van der Waals surface area (Å²) in [5.41, 5.74) is 6.22. The molecule has 0 aliphatic heterocycles. The van der Waals surface area contributed by atoms with Crippen molar-refractivity contribution in [3.63, 3.8) is 0 Å². The number of hydrogen-bond donors (Lipinski definition) is 1. The van der Waals surface area contributed by atoms with Crippen LogP contribution in [0, 0.1) is 6.92 Å².